The highest BCUT2D eigenvalue weighted by Gasteiger charge is 2.29. The van der Waals surface area contributed by atoms with Crippen molar-refractivity contribution >= 4 is 29.9 Å². The SMILES string of the molecule is CN=C(NCCN1CCOCC1C)N1CCC(C)C(n2ccnc2)C1.I. The van der Waals surface area contributed by atoms with Gasteiger partial charge >= 0.3 is 0 Å². The van der Waals surface area contributed by atoms with Crippen LogP contribution in [0.5, 0.6) is 0 Å². The topological polar surface area (TPSA) is 57.9 Å². The molecule has 0 spiro atoms. The first-order chi connectivity index (χ1) is 12.2. The normalized spacial score (nSPS) is 27.9. The molecule has 3 unspecified atom stereocenters. The van der Waals surface area contributed by atoms with Crippen LogP contribution < -0.4 is 5.32 Å². The fourth-order valence-corrected chi connectivity index (χ4v) is 3.83. The van der Waals surface area contributed by atoms with Gasteiger partial charge in [0.2, 0.25) is 0 Å². The molecule has 3 rings (SSSR count). The van der Waals surface area contributed by atoms with E-state index in [0.717, 1.165) is 51.9 Å². The van der Waals surface area contributed by atoms with Gasteiger partial charge in [-0.15, -0.1) is 24.0 Å². The summed E-state index contributed by atoms with van der Waals surface area (Å²) in [5.41, 5.74) is 0. The zero-order valence-electron chi connectivity index (χ0n) is 16.2. The van der Waals surface area contributed by atoms with Crippen molar-refractivity contribution in [3.63, 3.8) is 0 Å². The van der Waals surface area contributed by atoms with Gasteiger partial charge in [-0.25, -0.2) is 4.98 Å². The summed E-state index contributed by atoms with van der Waals surface area (Å²) in [6.45, 7) is 11.2. The Morgan fingerprint density at radius 2 is 2.19 bits per heavy atom. The average Bonchev–Trinajstić information content (AvgIpc) is 3.15. The molecule has 0 aliphatic carbocycles. The monoisotopic (exact) mass is 476 g/mol. The first-order valence-corrected chi connectivity index (χ1v) is 9.44. The molecule has 8 heteroatoms. The molecule has 1 N–H and O–H groups in total. The number of nitrogens with zero attached hydrogens (tertiary/aromatic N) is 5. The molecule has 0 bridgehead atoms. The van der Waals surface area contributed by atoms with Gasteiger partial charge in [-0.3, -0.25) is 9.89 Å². The highest BCUT2D eigenvalue weighted by atomic mass is 127. The predicted octanol–water partition coefficient (Wildman–Crippen LogP) is 1.68. The molecule has 0 saturated carbocycles. The average molecular weight is 476 g/mol. The van der Waals surface area contributed by atoms with E-state index in [1.807, 2.05) is 19.6 Å². The molecular formula is C18H33IN6O. The first kappa shape index (κ1) is 21.4. The summed E-state index contributed by atoms with van der Waals surface area (Å²) in [6.07, 6.45) is 7.04. The van der Waals surface area contributed by atoms with Gasteiger partial charge in [0.15, 0.2) is 5.96 Å². The maximum atomic E-state index is 5.51. The van der Waals surface area contributed by atoms with E-state index in [2.05, 4.69) is 49.7 Å². The maximum absolute atomic E-state index is 5.51. The second-order valence-corrected chi connectivity index (χ2v) is 7.22. The van der Waals surface area contributed by atoms with Crippen molar-refractivity contribution in [2.75, 3.05) is 53.0 Å². The minimum Gasteiger partial charge on any atom is -0.379 e. The number of morpholine rings is 1. The third kappa shape index (κ3) is 5.32. The lowest BCUT2D eigenvalue weighted by Crippen LogP contribution is -2.51. The molecule has 26 heavy (non-hydrogen) atoms. The number of rotatable bonds is 4. The standard InChI is InChI=1S/C18H32N6O.HI/c1-15-4-7-23(12-17(15)24-8-5-20-14-24)18(19-3)21-6-9-22-10-11-25-13-16(22)2;/h5,8,14-17H,4,6-7,9-13H2,1-3H3,(H,19,21);1H. The van der Waals surface area contributed by atoms with Gasteiger partial charge in [0.1, 0.15) is 0 Å². The molecule has 7 nitrogen and oxygen atoms in total. The zero-order chi connectivity index (χ0) is 17.6. The van der Waals surface area contributed by atoms with Gasteiger partial charge in [-0.05, 0) is 19.3 Å². The molecule has 3 heterocycles. The van der Waals surface area contributed by atoms with E-state index in [4.69, 9.17) is 4.74 Å². The van der Waals surface area contributed by atoms with Crippen molar-refractivity contribution in [3.05, 3.63) is 18.7 Å². The number of likely N-dealkylation sites (tertiary alicyclic amines) is 1. The van der Waals surface area contributed by atoms with E-state index < -0.39 is 0 Å². The predicted molar refractivity (Wildman–Crippen MR) is 115 cm³/mol. The second-order valence-electron chi connectivity index (χ2n) is 7.22. The lowest BCUT2D eigenvalue weighted by Gasteiger charge is -2.39. The maximum Gasteiger partial charge on any atom is 0.193 e. The quantitative estimate of drug-likeness (QED) is 0.407. The molecule has 2 aliphatic heterocycles. The molecule has 2 saturated heterocycles. The number of nitrogens with one attached hydrogen (secondary N) is 1. The van der Waals surface area contributed by atoms with Gasteiger partial charge in [0, 0.05) is 58.2 Å². The molecule has 1 aromatic heterocycles. The number of hydrogen-bond donors (Lipinski definition) is 1. The third-order valence-corrected chi connectivity index (χ3v) is 5.53. The molecule has 0 amide bonds. The van der Waals surface area contributed by atoms with Crippen LogP contribution in [-0.4, -0.2) is 84.3 Å². The summed E-state index contributed by atoms with van der Waals surface area (Å²) in [4.78, 5) is 13.6. The molecule has 0 aromatic carbocycles. The minimum atomic E-state index is 0. The van der Waals surface area contributed by atoms with E-state index in [1.165, 1.54) is 6.42 Å². The van der Waals surface area contributed by atoms with Crippen LogP contribution in [0, 0.1) is 5.92 Å². The number of aliphatic imine (C=N–C) groups is 1. The van der Waals surface area contributed by atoms with Gasteiger partial charge in [-0.1, -0.05) is 6.92 Å². The third-order valence-electron chi connectivity index (χ3n) is 5.53. The van der Waals surface area contributed by atoms with Crippen molar-refractivity contribution in [2.45, 2.75) is 32.4 Å². The van der Waals surface area contributed by atoms with E-state index >= 15 is 0 Å². The van der Waals surface area contributed by atoms with E-state index in [0.29, 0.717) is 18.0 Å². The molecule has 2 fully saturated rings. The molecule has 1 aromatic rings. The summed E-state index contributed by atoms with van der Waals surface area (Å²) in [5, 5.41) is 3.56. The lowest BCUT2D eigenvalue weighted by atomic mass is 9.93. The molecule has 2 aliphatic rings. The van der Waals surface area contributed by atoms with Crippen LogP contribution in [0.4, 0.5) is 0 Å². The molecular weight excluding hydrogens is 443 g/mol. The Kier molecular flexibility index (Phi) is 8.62. The van der Waals surface area contributed by atoms with Crippen LogP contribution in [0.25, 0.3) is 0 Å². The lowest BCUT2D eigenvalue weighted by molar-refractivity contribution is 0.000799. The molecule has 148 valence electrons. The summed E-state index contributed by atoms with van der Waals surface area (Å²) in [5.74, 6) is 1.66. The highest BCUT2D eigenvalue weighted by molar-refractivity contribution is 14.0. The Morgan fingerprint density at radius 3 is 2.88 bits per heavy atom. The number of halogens is 1. The summed E-state index contributed by atoms with van der Waals surface area (Å²) >= 11 is 0. The van der Waals surface area contributed by atoms with E-state index in [-0.39, 0.29) is 24.0 Å². The van der Waals surface area contributed by atoms with Crippen LogP contribution in [0.1, 0.15) is 26.3 Å². The van der Waals surface area contributed by atoms with Crippen molar-refractivity contribution in [1.29, 1.82) is 0 Å². The number of aromatic nitrogens is 2. The minimum absolute atomic E-state index is 0. The summed E-state index contributed by atoms with van der Waals surface area (Å²) in [7, 11) is 1.88. The van der Waals surface area contributed by atoms with E-state index in [9.17, 15) is 0 Å². The van der Waals surface area contributed by atoms with Crippen molar-refractivity contribution in [3.8, 4) is 0 Å². The Labute approximate surface area is 174 Å². The van der Waals surface area contributed by atoms with Gasteiger partial charge in [0.05, 0.1) is 25.6 Å². The second kappa shape index (κ2) is 10.5. The number of hydrogen-bond acceptors (Lipinski definition) is 4. The van der Waals surface area contributed by atoms with Crippen LogP contribution in [0.3, 0.4) is 0 Å². The van der Waals surface area contributed by atoms with Crippen molar-refractivity contribution < 1.29 is 4.74 Å². The largest absolute Gasteiger partial charge is 0.379 e. The molecule has 3 atom stereocenters. The Morgan fingerprint density at radius 1 is 1.35 bits per heavy atom. The highest BCUT2D eigenvalue weighted by Crippen LogP contribution is 2.27. The number of imidazole rings is 1. The van der Waals surface area contributed by atoms with Crippen LogP contribution in [0.15, 0.2) is 23.7 Å². The molecule has 0 radical (unpaired) electrons. The van der Waals surface area contributed by atoms with E-state index in [1.54, 1.807) is 0 Å². The Balaban J connectivity index is 0.00000243. The van der Waals surface area contributed by atoms with Gasteiger partial charge < -0.3 is 19.5 Å². The fraction of sp³-hybridized carbons (Fsp3) is 0.778. The fourth-order valence-electron chi connectivity index (χ4n) is 3.83. The van der Waals surface area contributed by atoms with Gasteiger partial charge in [0.25, 0.3) is 0 Å². The number of piperidine rings is 1. The van der Waals surface area contributed by atoms with Crippen molar-refractivity contribution in [1.82, 2.24) is 24.7 Å². The number of ether oxygens (including phenoxy) is 1. The Bertz CT molecular complexity index is 552. The van der Waals surface area contributed by atoms with Crippen LogP contribution >= 0.6 is 24.0 Å². The zero-order valence-corrected chi connectivity index (χ0v) is 18.5. The Hall–Kier alpha value is -0.870. The number of guanidine groups is 1. The first-order valence-electron chi connectivity index (χ1n) is 9.44. The van der Waals surface area contributed by atoms with Crippen molar-refractivity contribution in [2.24, 2.45) is 10.9 Å². The van der Waals surface area contributed by atoms with Crippen LogP contribution in [0.2, 0.25) is 0 Å². The summed E-state index contributed by atoms with van der Waals surface area (Å²) < 4.78 is 7.75. The van der Waals surface area contributed by atoms with Gasteiger partial charge in [-0.2, -0.15) is 0 Å². The summed E-state index contributed by atoms with van der Waals surface area (Å²) in [6, 6.07) is 0.952. The smallest absolute Gasteiger partial charge is 0.193 e. The van der Waals surface area contributed by atoms with Crippen LogP contribution in [-0.2, 0) is 4.74 Å².